The maximum absolute atomic E-state index is 11.2. The summed E-state index contributed by atoms with van der Waals surface area (Å²) in [5.41, 5.74) is 5.05. The number of aliphatic hydroxyl groups is 1. The lowest BCUT2D eigenvalue weighted by Gasteiger charge is -2.17. The van der Waals surface area contributed by atoms with Gasteiger partial charge >= 0.3 is 0 Å². The van der Waals surface area contributed by atoms with Crippen LogP contribution in [0.15, 0.2) is 121 Å². The summed E-state index contributed by atoms with van der Waals surface area (Å²) < 4.78 is 6.29. The lowest BCUT2D eigenvalue weighted by atomic mass is 9.91. The molecule has 4 N–H and O–H groups in total. The Balaban J connectivity index is 1.25. The molecule has 7 aromatic rings. The normalized spacial score (nSPS) is 14.2. The second kappa shape index (κ2) is 10.4. The van der Waals surface area contributed by atoms with E-state index in [0.717, 1.165) is 54.6 Å². The molecule has 0 spiro atoms. The summed E-state index contributed by atoms with van der Waals surface area (Å²) in [6.45, 7) is 0. The fourth-order valence-electron chi connectivity index (χ4n) is 6.44. The number of benzene rings is 7. The molecule has 0 saturated carbocycles. The van der Waals surface area contributed by atoms with Crippen molar-refractivity contribution in [3.63, 3.8) is 0 Å². The molecule has 8 rings (SSSR count). The molecule has 218 valence electrons. The lowest BCUT2D eigenvalue weighted by Crippen LogP contribution is -2.11. The van der Waals surface area contributed by atoms with Gasteiger partial charge in [-0.2, -0.15) is 0 Å². The highest BCUT2D eigenvalue weighted by Crippen LogP contribution is 2.43. The largest absolute Gasteiger partial charge is 0.508 e. The Labute approximate surface area is 259 Å². The number of ether oxygens (including phenoxy) is 1. The molecule has 45 heavy (non-hydrogen) atoms. The quantitative estimate of drug-likeness (QED) is 0.165. The molecule has 5 nitrogen and oxygen atoms in total. The monoisotopic (exact) mass is 588 g/mol. The molecule has 0 aliphatic heterocycles. The Morgan fingerprint density at radius 3 is 1.91 bits per heavy atom. The molecule has 0 amide bonds. The van der Waals surface area contributed by atoms with Gasteiger partial charge in [0.25, 0.3) is 0 Å². The van der Waals surface area contributed by atoms with Crippen molar-refractivity contribution in [2.45, 2.75) is 12.5 Å². The first kappa shape index (κ1) is 26.8. The molecule has 0 heterocycles. The Kier molecular flexibility index (Phi) is 6.22. The first-order valence-corrected chi connectivity index (χ1v) is 14.8. The van der Waals surface area contributed by atoms with Crippen molar-refractivity contribution in [2.75, 3.05) is 0 Å². The van der Waals surface area contributed by atoms with E-state index in [0.29, 0.717) is 29.0 Å². The first-order valence-electron chi connectivity index (χ1n) is 14.8. The molecule has 0 saturated heterocycles. The van der Waals surface area contributed by atoms with E-state index in [1.54, 1.807) is 30.3 Å². The van der Waals surface area contributed by atoms with Gasteiger partial charge < -0.3 is 25.2 Å². The minimum absolute atomic E-state index is 0.136. The summed E-state index contributed by atoms with van der Waals surface area (Å²) in [5, 5.41) is 47.8. The molecule has 7 aromatic carbocycles. The second-order valence-corrected chi connectivity index (χ2v) is 11.6. The molecule has 0 aromatic heterocycles. The van der Waals surface area contributed by atoms with E-state index >= 15 is 0 Å². The average molecular weight is 589 g/mol. The molecule has 1 aliphatic carbocycles. The van der Waals surface area contributed by atoms with Gasteiger partial charge in [-0.1, -0.05) is 66.7 Å². The summed E-state index contributed by atoms with van der Waals surface area (Å²) in [5.74, 6) is 1.76. The summed E-state index contributed by atoms with van der Waals surface area (Å²) in [7, 11) is 0. The van der Waals surface area contributed by atoms with Crippen molar-refractivity contribution in [1.29, 1.82) is 0 Å². The van der Waals surface area contributed by atoms with Crippen LogP contribution in [0.1, 0.15) is 11.1 Å². The van der Waals surface area contributed by atoms with Gasteiger partial charge in [0.1, 0.15) is 28.7 Å². The van der Waals surface area contributed by atoms with Crippen molar-refractivity contribution in [3.05, 3.63) is 132 Å². The molecular formula is C40H28O5. The number of rotatable bonds is 4. The van der Waals surface area contributed by atoms with Crippen LogP contribution in [0.4, 0.5) is 0 Å². The predicted octanol–water partition coefficient (Wildman–Crippen LogP) is 9.32. The van der Waals surface area contributed by atoms with Crippen molar-refractivity contribution < 1.29 is 25.2 Å². The van der Waals surface area contributed by atoms with Crippen LogP contribution in [0.25, 0.3) is 60.6 Å². The summed E-state index contributed by atoms with van der Waals surface area (Å²) in [6.07, 6.45) is 3.76. The number of phenolic OH excluding ortho intramolecular Hbond substituents is 3. The number of hydrogen-bond donors (Lipinski definition) is 4. The zero-order valence-electron chi connectivity index (χ0n) is 24.1. The molecule has 1 unspecified atom stereocenters. The van der Waals surface area contributed by atoms with Crippen LogP contribution in [-0.2, 0) is 6.42 Å². The van der Waals surface area contributed by atoms with Crippen LogP contribution >= 0.6 is 0 Å². The van der Waals surface area contributed by atoms with Gasteiger partial charge in [-0.25, -0.2) is 0 Å². The van der Waals surface area contributed by atoms with Gasteiger partial charge in [0.05, 0.1) is 6.10 Å². The number of fused-ring (bicyclic) bond motifs is 4. The van der Waals surface area contributed by atoms with Gasteiger partial charge in [0.15, 0.2) is 0 Å². The van der Waals surface area contributed by atoms with E-state index < -0.39 is 6.10 Å². The van der Waals surface area contributed by atoms with Crippen LogP contribution in [0.2, 0.25) is 0 Å². The van der Waals surface area contributed by atoms with Crippen molar-refractivity contribution >= 4 is 38.4 Å². The van der Waals surface area contributed by atoms with Crippen LogP contribution in [0.3, 0.4) is 0 Å². The van der Waals surface area contributed by atoms with Crippen molar-refractivity contribution in [3.8, 4) is 51.0 Å². The molecule has 5 heteroatoms. The topological polar surface area (TPSA) is 90.2 Å². The van der Waals surface area contributed by atoms with Gasteiger partial charge in [0, 0.05) is 17.5 Å². The van der Waals surface area contributed by atoms with Crippen LogP contribution in [-0.4, -0.2) is 26.5 Å². The van der Waals surface area contributed by atoms with E-state index in [-0.39, 0.29) is 17.2 Å². The smallest absolute Gasteiger partial charge is 0.128 e. The Bertz CT molecular complexity index is 2340. The van der Waals surface area contributed by atoms with Gasteiger partial charge in [-0.3, -0.25) is 0 Å². The van der Waals surface area contributed by atoms with Crippen LogP contribution in [0, 0.1) is 0 Å². The summed E-state index contributed by atoms with van der Waals surface area (Å²) in [6, 6.07) is 36.0. The highest BCUT2D eigenvalue weighted by molar-refractivity contribution is 6.06. The maximum Gasteiger partial charge on any atom is 0.128 e. The molecule has 1 aliphatic rings. The number of aliphatic hydroxyl groups excluding tert-OH is 1. The van der Waals surface area contributed by atoms with Crippen LogP contribution in [0.5, 0.6) is 28.7 Å². The fourth-order valence-corrected chi connectivity index (χ4v) is 6.44. The van der Waals surface area contributed by atoms with E-state index in [2.05, 4.69) is 0 Å². The number of aromatic hydroxyl groups is 3. The standard InChI is InChI=1S/C40H28O5/c41-31-11-5-23-1-3-27(17-29(23)18-31)39-35-21-28(4-2-25(35)9-15-37(39)43)40-36-22-34(14-8-26(36)10-16-38(40)44)45-33-13-7-24-6-12-32(42)19-30(24)20-33/h1-18,20-22,32,41-44H,19H2. The fraction of sp³-hybridized carbons (Fsp3) is 0.0500. The SMILES string of the molecule is Oc1ccc2ccc(-c3c(O)ccc4ccc(-c5c(O)ccc6ccc(Oc7ccc8c(c7)CC(O)C=C8)cc56)cc34)cc2c1. The highest BCUT2D eigenvalue weighted by Gasteiger charge is 2.17. The van der Waals surface area contributed by atoms with E-state index in [1.807, 2.05) is 97.1 Å². The molecule has 0 fully saturated rings. The minimum atomic E-state index is -0.502. The number of hydrogen-bond acceptors (Lipinski definition) is 5. The first-order chi connectivity index (χ1) is 21.9. The molecule has 0 radical (unpaired) electrons. The van der Waals surface area contributed by atoms with E-state index in [9.17, 15) is 20.4 Å². The van der Waals surface area contributed by atoms with Gasteiger partial charge in [-0.15, -0.1) is 0 Å². The van der Waals surface area contributed by atoms with E-state index in [4.69, 9.17) is 4.74 Å². The van der Waals surface area contributed by atoms with E-state index in [1.165, 1.54) is 0 Å². The Hall–Kier alpha value is -5.78. The molecule has 1 atom stereocenters. The summed E-state index contributed by atoms with van der Waals surface area (Å²) >= 11 is 0. The molecule has 0 bridgehead atoms. The Morgan fingerprint density at radius 2 is 1.13 bits per heavy atom. The minimum Gasteiger partial charge on any atom is -0.508 e. The second-order valence-electron chi connectivity index (χ2n) is 11.6. The maximum atomic E-state index is 11.2. The predicted molar refractivity (Wildman–Crippen MR) is 180 cm³/mol. The van der Waals surface area contributed by atoms with Crippen molar-refractivity contribution in [1.82, 2.24) is 0 Å². The van der Waals surface area contributed by atoms with Crippen LogP contribution < -0.4 is 4.74 Å². The highest BCUT2D eigenvalue weighted by atomic mass is 16.5. The third-order valence-corrected chi connectivity index (χ3v) is 8.65. The summed E-state index contributed by atoms with van der Waals surface area (Å²) in [4.78, 5) is 0. The zero-order chi connectivity index (χ0) is 30.7. The van der Waals surface area contributed by atoms with Gasteiger partial charge in [-0.05, 0) is 115 Å². The lowest BCUT2D eigenvalue weighted by molar-refractivity contribution is 0.223. The van der Waals surface area contributed by atoms with Gasteiger partial charge in [0.2, 0.25) is 0 Å². The third kappa shape index (κ3) is 4.80. The Morgan fingerprint density at radius 1 is 0.533 bits per heavy atom. The molecular weight excluding hydrogens is 560 g/mol. The third-order valence-electron chi connectivity index (χ3n) is 8.65. The zero-order valence-corrected chi connectivity index (χ0v) is 24.1. The average Bonchev–Trinajstić information content (AvgIpc) is 3.04. The number of phenols is 3. The van der Waals surface area contributed by atoms with Crippen molar-refractivity contribution in [2.24, 2.45) is 0 Å².